The summed E-state index contributed by atoms with van der Waals surface area (Å²) >= 11 is 0. The van der Waals surface area contributed by atoms with Crippen LogP contribution in [-0.2, 0) is 23.7 Å². The standard InChI is InChI=1S/C89H165NO13/c1-3-5-7-9-11-13-15-17-19-21-23-25-27-29-31-33-35-37-38-39-40-41-43-45-47-49-51-53-55-57-59-61-63-65-67-69-71-73-81(94)90-77(76-100-88-86(99)84(97)87(80(75-92)102-88)103-89-85(98)83(96)82(95)79(74-91)101-89)78(93)72-70-68-66-64-62-60-58-56-54-52-50-48-46-44-42-36-34-32-30-28-26-24-22-20-18-16-14-12-10-8-6-4-2/h15,17,21,23,27,29,62,64,70,72,77-80,82-89,91-93,95-99H,3-14,16,18-20,22,24-26,28,30-61,63,65-69,71,73-76H2,1-2H3,(H,90,94)/b17-15-,23-21-,29-27-,64-62+,72-70+. The van der Waals surface area contributed by atoms with E-state index in [1.54, 1.807) is 6.08 Å². The first kappa shape index (κ1) is 96.8. The number of carbonyl (C=O) groups is 1. The Morgan fingerprint density at radius 2 is 0.650 bits per heavy atom. The van der Waals surface area contributed by atoms with Crippen molar-refractivity contribution >= 4 is 5.91 Å². The van der Waals surface area contributed by atoms with E-state index >= 15 is 0 Å². The van der Waals surface area contributed by atoms with Gasteiger partial charge in [0, 0.05) is 6.42 Å². The smallest absolute Gasteiger partial charge is 0.220 e. The van der Waals surface area contributed by atoms with Crippen molar-refractivity contribution in [1.29, 1.82) is 0 Å². The summed E-state index contributed by atoms with van der Waals surface area (Å²) in [6.45, 7) is 2.84. The van der Waals surface area contributed by atoms with Gasteiger partial charge < -0.3 is 65.1 Å². The topological polar surface area (TPSA) is 228 Å². The molecule has 0 radical (unpaired) electrons. The minimum atomic E-state index is -1.79. The maximum atomic E-state index is 13.4. The van der Waals surface area contributed by atoms with E-state index in [1.165, 1.54) is 327 Å². The van der Waals surface area contributed by atoms with Crippen LogP contribution in [0.1, 0.15) is 406 Å². The van der Waals surface area contributed by atoms with Crippen LogP contribution in [0.3, 0.4) is 0 Å². The van der Waals surface area contributed by atoms with E-state index in [0.29, 0.717) is 12.8 Å². The molecule has 2 heterocycles. The Hall–Kier alpha value is -2.31. The van der Waals surface area contributed by atoms with Gasteiger partial charge in [-0.15, -0.1) is 0 Å². The number of hydrogen-bond acceptors (Lipinski definition) is 13. The van der Waals surface area contributed by atoms with Crippen LogP contribution in [0.5, 0.6) is 0 Å². The van der Waals surface area contributed by atoms with Crippen LogP contribution in [0, 0.1) is 0 Å². The molecule has 0 aromatic rings. The van der Waals surface area contributed by atoms with Crippen LogP contribution in [-0.4, -0.2) is 140 Å². The van der Waals surface area contributed by atoms with E-state index in [4.69, 9.17) is 18.9 Å². The van der Waals surface area contributed by atoms with Gasteiger partial charge in [-0.05, 0) is 70.6 Å². The number of hydrogen-bond donors (Lipinski definition) is 9. The van der Waals surface area contributed by atoms with Gasteiger partial charge in [-0.2, -0.15) is 0 Å². The third-order valence-electron chi connectivity index (χ3n) is 21.4. The number of allylic oxidation sites excluding steroid dienone is 9. The van der Waals surface area contributed by atoms with Gasteiger partial charge in [-0.3, -0.25) is 4.79 Å². The molecule has 2 rings (SSSR count). The quantitative estimate of drug-likeness (QED) is 0.0204. The number of aliphatic hydroxyl groups is 8. The van der Waals surface area contributed by atoms with Gasteiger partial charge in [0.05, 0.1) is 32.0 Å². The van der Waals surface area contributed by atoms with Crippen molar-refractivity contribution in [3.63, 3.8) is 0 Å². The minimum Gasteiger partial charge on any atom is -0.394 e. The van der Waals surface area contributed by atoms with Gasteiger partial charge in [0.25, 0.3) is 0 Å². The Bertz CT molecular complexity index is 1960. The monoisotopic (exact) mass is 1460 g/mol. The molecular formula is C89H165NO13. The molecule has 604 valence electrons. The zero-order chi connectivity index (χ0) is 74.4. The molecule has 0 aromatic carbocycles. The van der Waals surface area contributed by atoms with Crippen LogP contribution < -0.4 is 5.32 Å². The van der Waals surface area contributed by atoms with Crippen molar-refractivity contribution < 1.29 is 64.6 Å². The van der Waals surface area contributed by atoms with Gasteiger partial charge in [-0.25, -0.2) is 0 Å². The van der Waals surface area contributed by atoms with Crippen molar-refractivity contribution in [3.8, 4) is 0 Å². The second kappa shape index (κ2) is 72.5. The fraction of sp³-hybridized carbons (Fsp3) is 0.876. The maximum Gasteiger partial charge on any atom is 0.220 e. The Labute approximate surface area is 632 Å². The molecule has 14 heteroatoms. The van der Waals surface area contributed by atoms with Crippen LogP contribution in [0.15, 0.2) is 60.8 Å². The Kier molecular flexibility index (Phi) is 68.2. The molecule has 103 heavy (non-hydrogen) atoms. The molecule has 2 saturated heterocycles. The predicted octanol–water partition coefficient (Wildman–Crippen LogP) is 21.1. The molecule has 12 unspecified atom stereocenters. The average Bonchev–Trinajstić information content (AvgIpc) is 0.791. The highest BCUT2D eigenvalue weighted by atomic mass is 16.7. The van der Waals surface area contributed by atoms with Crippen LogP contribution in [0.25, 0.3) is 0 Å². The van der Waals surface area contributed by atoms with Crippen molar-refractivity contribution in [2.75, 3.05) is 19.8 Å². The lowest BCUT2D eigenvalue weighted by atomic mass is 9.97. The Morgan fingerprint density at radius 1 is 0.350 bits per heavy atom. The van der Waals surface area contributed by atoms with Crippen molar-refractivity contribution in [2.45, 2.75) is 479 Å². The van der Waals surface area contributed by atoms with Crippen LogP contribution >= 0.6 is 0 Å². The highest BCUT2D eigenvalue weighted by molar-refractivity contribution is 5.76. The number of ether oxygens (including phenoxy) is 4. The normalized spacial score (nSPS) is 21.8. The summed E-state index contributed by atoms with van der Waals surface area (Å²) in [6, 6.07) is -0.934. The van der Waals surface area contributed by atoms with E-state index in [9.17, 15) is 45.6 Å². The molecule has 2 aliphatic rings. The molecule has 9 N–H and O–H groups in total. The first-order chi connectivity index (χ1) is 50.6. The van der Waals surface area contributed by atoms with Gasteiger partial charge in [0.15, 0.2) is 12.6 Å². The molecule has 2 fully saturated rings. The first-order valence-corrected chi connectivity index (χ1v) is 44.0. The molecule has 2 aliphatic heterocycles. The summed E-state index contributed by atoms with van der Waals surface area (Å²) < 4.78 is 22.9. The number of rotatable bonds is 75. The van der Waals surface area contributed by atoms with Gasteiger partial charge in [0.1, 0.15) is 48.8 Å². The van der Waals surface area contributed by atoms with Crippen LogP contribution in [0.4, 0.5) is 0 Å². The number of unbranched alkanes of at least 4 members (excludes halogenated alkanes) is 54. The van der Waals surface area contributed by atoms with E-state index in [1.807, 2.05) is 6.08 Å². The summed E-state index contributed by atoms with van der Waals surface area (Å²) in [4.78, 5) is 13.4. The molecule has 0 aliphatic carbocycles. The molecule has 0 spiro atoms. The molecule has 1 amide bonds. The summed E-state index contributed by atoms with van der Waals surface area (Å²) in [5.74, 6) is -0.242. The Morgan fingerprint density at radius 3 is 1.02 bits per heavy atom. The molecule has 14 nitrogen and oxygen atoms in total. The van der Waals surface area contributed by atoms with Gasteiger partial charge >= 0.3 is 0 Å². The number of amides is 1. The second-order valence-electron chi connectivity index (χ2n) is 31.0. The number of carbonyl (C=O) groups excluding carboxylic acids is 1. The molecular weight excluding hydrogens is 1290 g/mol. The van der Waals surface area contributed by atoms with E-state index in [2.05, 4.69) is 67.8 Å². The summed E-state index contributed by atoms with van der Waals surface area (Å²) in [5.41, 5.74) is 0. The van der Waals surface area contributed by atoms with Gasteiger partial charge in [-0.1, -0.05) is 389 Å². The molecule has 0 aromatic heterocycles. The highest BCUT2D eigenvalue weighted by Gasteiger charge is 2.51. The predicted molar refractivity (Wildman–Crippen MR) is 429 cm³/mol. The van der Waals surface area contributed by atoms with Crippen molar-refractivity contribution in [1.82, 2.24) is 5.32 Å². The summed E-state index contributed by atoms with van der Waals surface area (Å²) in [5, 5.41) is 87.8. The van der Waals surface area contributed by atoms with E-state index in [-0.39, 0.29) is 18.9 Å². The SMILES string of the molecule is CCCCCCC/C=C\C/C=C\C/C=C\CCCCCCCCCCCCCCCCCCCCCCCCC(=O)NC(COC1OC(CO)C(OC2OC(CO)C(O)C(O)C2O)C(O)C1O)C(O)/C=C/CC/C=C/CCCCCCCCCCCCCCCCCCCCCCCCCCCC. The average molecular weight is 1460 g/mol. The lowest BCUT2D eigenvalue weighted by Crippen LogP contribution is -2.65. The number of nitrogens with one attached hydrogen (secondary N) is 1. The highest BCUT2D eigenvalue weighted by Crippen LogP contribution is 2.31. The molecule has 0 bridgehead atoms. The fourth-order valence-corrected chi connectivity index (χ4v) is 14.5. The molecule has 12 atom stereocenters. The Balaban J connectivity index is 1.58. The van der Waals surface area contributed by atoms with Crippen LogP contribution in [0.2, 0.25) is 0 Å². The molecule has 0 saturated carbocycles. The second-order valence-corrected chi connectivity index (χ2v) is 31.0. The zero-order valence-corrected chi connectivity index (χ0v) is 66.6. The number of aliphatic hydroxyl groups excluding tert-OH is 8. The van der Waals surface area contributed by atoms with Gasteiger partial charge in [0.2, 0.25) is 5.91 Å². The first-order valence-electron chi connectivity index (χ1n) is 44.0. The summed E-state index contributed by atoms with van der Waals surface area (Å²) in [7, 11) is 0. The lowest BCUT2D eigenvalue weighted by Gasteiger charge is -2.46. The maximum absolute atomic E-state index is 13.4. The van der Waals surface area contributed by atoms with E-state index < -0.39 is 86.8 Å². The third-order valence-corrected chi connectivity index (χ3v) is 21.4. The third kappa shape index (κ3) is 54.9. The largest absolute Gasteiger partial charge is 0.394 e. The van der Waals surface area contributed by atoms with Crippen molar-refractivity contribution in [3.05, 3.63) is 60.8 Å². The fourth-order valence-electron chi connectivity index (χ4n) is 14.5. The summed E-state index contributed by atoms with van der Waals surface area (Å²) in [6.07, 6.45) is 83.4. The zero-order valence-electron chi connectivity index (χ0n) is 66.6. The van der Waals surface area contributed by atoms with E-state index in [0.717, 1.165) is 44.9 Å². The minimum absolute atomic E-state index is 0.242. The lowest BCUT2D eigenvalue weighted by molar-refractivity contribution is -0.359. The van der Waals surface area contributed by atoms with Crippen molar-refractivity contribution in [2.24, 2.45) is 0 Å².